The first-order valence-corrected chi connectivity index (χ1v) is 5.19. The highest BCUT2D eigenvalue weighted by Gasteiger charge is 2.24. The Bertz CT molecular complexity index is 196. The van der Waals surface area contributed by atoms with E-state index in [0.717, 1.165) is 12.2 Å². The molecule has 2 amide bonds. The van der Waals surface area contributed by atoms with E-state index in [1.807, 2.05) is 6.26 Å². The molecule has 1 fully saturated rings. The lowest BCUT2D eigenvalue weighted by Crippen LogP contribution is -2.56. The van der Waals surface area contributed by atoms with Gasteiger partial charge in [0.05, 0.1) is 12.6 Å². The molecule has 1 atom stereocenters. The largest absolute Gasteiger partial charge is 0.297 e. The van der Waals surface area contributed by atoms with Crippen molar-refractivity contribution in [2.45, 2.75) is 12.5 Å². The molecule has 0 aromatic carbocycles. The van der Waals surface area contributed by atoms with Crippen molar-refractivity contribution in [3.8, 4) is 0 Å². The van der Waals surface area contributed by atoms with Crippen LogP contribution >= 0.6 is 11.8 Å². The number of piperazine rings is 1. The van der Waals surface area contributed by atoms with E-state index in [9.17, 15) is 9.59 Å². The van der Waals surface area contributed by atoms with Crippen molar-refractivity contribution in [1.82, 2.24) is 10.6 Å². The predicted molar refractivity (Wildman–Crippen MR) is 47.9 cm³/mol. The molecule has 68 valence electrons. The van der Waals surface area contributed by atoms with Crippen LogP contribution in [0.2, 0.25) is 0 Å². The number of imide groups is 1. The van der Waals surface area contributed by atoms with Crippen LogP contribution in [-0.2, 0) is 9.59 Å². The molecule has 0 unspecified atom stereocenters. The third-order valence-electron chi connectivity index (χ3n) is 1.70. The van der Waals surface area contributed by atoms with Crippen LogP contribution in [0.25, 0.3) is 0 Å². The van der Waals surface area contributed by atoms with Gasteiger partial charge in [-0.25, -0.2) is 0 Å². The molecule has 1 rings (SSSR count). The predicted octanol–water partition coefficient (Wildman–Crippen LogP) is -0.646. The fraction of sp³-hybridized carbons (Fsp3) is 0.714. The maximum absolute atomic E-state index is 11.1. The van der Waals surface area contributed by atoms with Gasteiger partial charge in [0, 0.05) is 0 Å². The Morgan fingerprint density at radius 3 is 2.92 bits per heavy atom. The van der Waals surface area contributed by atoms with E-state index in [0.29, 0.717) is 0 Å². The average Bonchev–Trinajstić information content (AvgIpc) is 2.03. The second-order valence-electron chi connectivity index (χ2n) is 2.63. The van der Waals surface area contributed by atoms with Gasteiger partial charge < -0.3 is 0 Å². The minimum absolute atomic E-state index is 0.185. The van der Waals surface area contributed by atoms with Crippen LogP contribution in [0.4, 0.5) is 0 Å². The van der Waals surface area contributed by atoms with E-state index in [2.05, 4.69) is 10.6 Å². The molecule has 0 aliphatic carbocycles. The van der Waals surface area contributed by atoms with Crippen LogP contribution in [0.3, 0.4) is 0 Å². The summed E-state index contributed by atoms with van der Waals surface area (Å²) >= 11 is 1.69. The van der Waals surface area contributed by atoms with Gasteiger partial charge in [-0.2, -0.15) is 11.8 Å². The van der Waals surface area contributed by atoms with Gasteiger partial charge in [-0.1, -0.05) is 0 Å². The number of hydrogen-bond donors (Lipinski definition) is 2. The van der Waals surface area contributed by atoms with Crippen molar-refractivity contribution in [1.29, 1.82) is 0 Å². The molecule has 1 saturated heterocycles. The standard InChI is InChI=1S/C7H12N2O2S/c1-12-3-2-5-7(11)9-6(10)4-8-5/h5,8H,2-4H2,1H3,(H,9,10,11)/t5-/m0/s1. The molecule has 1 aliphatic rings. The lowest BCUT2D eigenvalue weighted by atomic mass is 10.2. The van der Waals surface area contributed by atoms with Crippen LogP contribution in [-0.4, -0.2) is 36.4 Å². The minimum atomic E-state index is -0.236. The van der Waals surface area contributed by atoms with Crippen LogP contribution in [0.5, 0.6) is 0 Å². The van der Waals surface area contributed by atoms with Crippen LogP contribution in [0.1, 0.15) is 6.42 Å². The molecule has 4 nitrogen and oxygen atoms in total. The highest BCUT2D eigenvalue weighted by molar-refractivity contribution is 7.98. The lowest BCUT2D eigenvalue weighted by Gasteiger charge is -2.21. The maximum atomic E-state index is 11.1. The minimum Gasteiger partial charge on any atom is -0.297 e. The molecule has 0 aromatic heterocycles. The normalized spacial score (nSPS) is 23.9. The fourth-order valence-electron chi connectivity index (χ4n) is 1.05. The summed E-state index contributed by atoms with van der Waals surface area (Å²) in [6, 6.07) is -0.185. The van der Waals surface area contributed by atoms with E-state index in [-0.39, 0.29) is 24.4 Å². The molecule has 0 spiro atoms. The second-order valence-corrected chi connectivity index (χ2v) is 3.61. The highest BCUT2D eigenvalue weighted by atomic mass is 32.2. The SMILES string of the molecule is CSCC[C@@H]1NCC(=O)NC1=O. The van der Waals surface area contributed by atoms with Gasteiger partial charge in [-0.3, -0.25) is 20.2 Å². The summed E-state index contributed by atoms with van der Waals surface area (Å²) in [5.74, 6) is 0.500. The quantitative estimate of drug-likeness (QED) is 0.578. The Morgan fingerprint density at radius 2 is 2.33 bits per heavy atom. The Kier molecular flexibility index (Phi) is 3.55. The summed E-state index contributed by atoms with van der Waals surface area (Å²) in [4.78, 5) is 21.8. The van der Waals surface area contributed by atoms with Gasteiger partial charge in [0.1, 0.15) is 0 Å². The third kappa shape index (κ3) is 2.49. The first-order valence-electron chi connectivity index (χ1n) is 3.80. The topological polar surface area (TPSA) is 58.2 Å². The summed E-state index contributed by atoms with van der Waals surface area (Å²) in [6.07, 6.45) is 2.77. The van der Waals surface area contributed by atoms with E-state index in [4.69, 9.17) is 0 Å². The molecule has 0 aromatic rings. The number of carbonyl (C=O) groups is 2. The van der Waals surface area contributed by atoms with Crippen molar-refractivity contribution in [2.24, 2.45) is 0 Å². The van der Waals surface area contributed by atoms with Gasteiger partial charge >= 0.3 is 0 Å². The van der Waals surface area contributed by atoms with Crippen molar-refractivity contribution >= 4 is 23.6 Å². The molecule has 0 bridgehead atoms. The number of amides is 2. The number of hydrogen-bond acceptors (Lipinski definition) is 4. The average molecular weight is 188 g/mol. The third-order valence-corrected chi connectivity index (χ3v) is 2.34. The number of carbonyl (C=O) groups excluding carboxylic acids is 2. The van der Waals surface area contributed by atoms with Crippen LogP contribution < -0.4 is 10.6 Å². The zero-order valence-electron chi connectivity index (χ0n) is 6.92. The molecule has 1 heterocycles. The zero-order chi connectivity index (χ0) is 8.97. The van der Waals surface area contributed by atoms with E-state index in [1.165, 1.54) is 0 Å². The molecule has 0 radical (unpaired) electrons. The van der Waals surface area contributed by atoms with Gasteiger partial charge in [-0.15, -0.1) is 0 Å². The molecule has 2 N–H and O–H groups in total. The molecule has 0 saturated carbocycles. The van der Waals surface area contributed by atoms with E-state index >= 15 is 0 Å². The first-order chi connectivity index (χ1) is 5.74. The first kappa shape index (κ1) is 9.54. The Hall–Kier alpha value is -0.550. The molecule has 5 heteroatoms. The Balaban J connectivity index is 2.35. The maximum Gasteiger partial charge on any atom is 0.243 e. The Morgan fingerprint density at radius 1 is 1.58 bits per heavy atom. The summed E-state index contributed by atoms with van der Waals surface area (Å²) < 4.78 is 0. The molecule has 12 heavy (non-hydrogen) atoms. The summed E-state index contributed by atoms with van der Waals surface area (Å²) in [5.41, 5.74) is 0. The Labute approximate surface area is 75.5 Å². The van der Waals surface area contributed by atoms with Crippen LogP contribution in [0, 0.1) is 0 Å². The second kappa shape index (κ2) is 4.47. The molecule has 1 aliphatic heterocycles. The number of rotatable bonds is 3. The van der Waals surface area contributed by atoms with Gasteiger partial charge in [0.25, 0.3) is 0 Å². The van der Waals surface area contributed by atoms with E-state index < -0.39 is 0 Å². The molecular weight excluding hydrogens is 176 g/mol. The number of thioether (sulfide) groups is 1. The molecular formula is C7H12N2O2S. The van der Waals surface area contributed by atoms with Crippen LogP contribution in [0.15, 0.2) is 0 Å². The summed E-state index contributed by atoms with van der Waals surface area (Å²) in [6.45, 7) is 0.255. The zero-order valence-corrected chi connectivity index (χ0v) is 7.74. The lowest BCUT2D eigenvalue weighted by molar-refractivity contribution is -0.134. The van der Waals surface area contributed by atoms with Crippen molar-refractivity contribution in [3.63, 3.8) is 0 Å². The summed E-state index contributed by atoms with van der Waals surface area (Å²) in [5, 5.41) is 5.17. The van der Waals surface area contributed by atoms with Crippen molar-refractivity contribution in [3.05, 3.63) is 0 Å². The van der Waals surface area contributed by atoms with E-state index in [1.54, 1.807) is 11.8 Å². The van der Waals surface area contributed by atoms with Gasteiger partial charge in [-0.05, 0) is 18.4 Å². The monoisotopic (exact) mass is 188 g/mol. The summed E-state index contributed by atoms with van der Waals surface area (Å²) in [7, 11) is 0. The van der Waals surface area contributed by atoms with Crippen molar-refractivity contribution in [2.75, 3.05) is 18.6 Å². The van der Waals surface area contributed by atoms with Crippen molar-refractivity contribution < 1.29 is 9.59 Å². The number of nitrogens with one attached hydrogen (secondary N) is 2. The smallest absolute Gasteiger partial charge is 0.243 e. The van der Waals surface area contributed by atoms with Gasteiger partial charge in [0.2, 0.25) is 11.8 Å². The fourth-order valence-corrected chi connectivity index (χ4v) is 1.52. The highest BCUT2D eigenvalue weighted by Crippen LogP contribution is 2.02. The van der Waals surface area contributed by atoms with Gasteiger partial charge in [0.15, 0.2) is 0 Å².